The fourth-order valence-corrected chi connectivity index (χ4v) is 4.46. The molecule has 38 heavy (non-hydrogen) atoms. The van der Waals surface area contributed by atoms with Gasteiger partial charge in [0.25, 0.3) is 5.69 Å². The van der Waals surface area contributed by atoms with Crippen molar-refractivity contribution in [1.82, 2.24) is 0 Å². The summed E-state index contributed by atoms with van der Waals surface area (Å²) in [5, 5.41) is 36.7. The van der Waals surface area contributed by atoms with Gasteiger partial charge >= 0.3 is 11.4 Å². The Morgan fingerprint density at radius 2 is 1.24 bits per heavy atom. The number of hydrogen-bond acceptors (Lipinski definition) is 8. The molecule has 200 valence electrons. The topological polar surface area (TPSA) is 145 Å². The summed E-state index contributed by atoms with van der Waals surface area (Å²) in [5.74, 6) is 0. The van der Waals surface area contributed by atoms with Crippen LogP contribution in [0.5, 0.6) is 0 Å². The second-order valence-corrected chi connectivity index (χ2v) is 9.61. The third kappa shape index (κ3) is 5.41. The number of benzene rings is 3. The molecule has 0 heterocycles. The predicted octanol–water partition coefficient (Wildman–Crippen LogP) is 7.58. The van der Waals surface area contributed by atoms with Gasteiger partial charge in [0, 0.05) is 0 Å². The van der Waals surface area contributed by atoms with Crippen LogP contribution in [0.3, 0.4) is 0 Å². The van der Waals surface area contributed by atoms with E-state index < -0.39 is 37.5 Å². The van der Waals surface area contributed by atoms with E-state index in [4.69, 9.17) is 0 Å². The highest BCUT2D eigenvalue weighted by Crippen LogP contribution is 2.41. The monoisotopic (exact) mass is 521 g/mol. The van der Waals surface area contributed by atoms with E-state index in [1.165, 1.54) is 10.6 Å². The Balaban J connectivity index is 2.28. The number of anilines is 3. The summed E-state index contributed by atoms with van der Waals surface area (Å²) in [5.41, 5.74) is 5.35. The normalized spacial score (nSPS) is 11.2. The SMILES string of the molecule is CCC(C)(CC)c1ccc(N(Nc2c([N+](=O)[O-])cc([N+](=O)[O-])cc2[N+](=O)[O-])c2ccc(C)c(C)c2)cc1C. The van der Waals surface area contributed by atoms with Crippen LogP contribution in [0.2, 0.25) is 0 Å². The number of nitrogens with one attached hydrogen (secondary N) is 1. The molecule has 1 N–H and O–H groups in total. The average Bonchev–Trinajstić information content (AvgIpc) is 2.87. The fraction of sp³-hybridized carbons (Fsp3) is 0.333. The number of rotatable bonds is 10. The van der Waals surface area contributed by atoms with Gasteiger partial charge in [0.1, 0.15) is 0 Å². The Morgan fingerprint density at radius 3 is 1.66 bits per heavy atom. The number of hydrogen-bond donors (Lipinski definition) is 1. The van der Waals surface area contributed by atoms with Crippen LogP contribution in [0.4, 0.5) is 34.1 Å². The molecule has 3 rings (SSSR count). The van der Waals surface area contributed by atoms with E-state index in [2.05, 4.69) is 26.2 Å². The van der Waals surface area contributed by atoms with Gasteiger partial charge in [0.05, 0.1) is 38.3 Å². The lowest BCUT2D eigenvalue weighted by molar-refractivity contribution is -0.401. The van der Waals surface area contributed by atoms with Crippen LogP contribution in [0.15, 0.2) is 48.5 Å². The highest BCUT2D eigenvalue weighted by molar-refractivity contribution is 5.81. The van der Waals surface area contributed by atoms with Crippen molar-refractivity contribution in [3.05, 3.63) is 101 Å². The molecule has 0 unspecified atom stereocenters. The maximum absolute atomic E-state index is 11.9. The van der Waals surface area contributed by atoms with E-state index in [9.17, 15) is 30.3 Å². The van der Waals surface area contributed by atoms with Gasteiger partial charge in [-0.2, -0.15) is 0 Å². The fourth-order valence-electron chi connectivity index (χ4n) is 4.46. The Labute approximate surface area is 220 Å². The molecule has 3 aromatic carbocycles. The molecule has 0 aliphatic carbocycles. The molecule has 0 aliphatic rings. The molecule has 0 fully saturated rings. The molecule has 0 radical (unpaired) electrons. The average molecular weight is 522 g/mol. The lowest BCUT2D eigenvalue weighted by Gasteiger charge is -2.31. The number of non-ortho nitro benzene ring substituents is 1. The first kappa shape index (κ1) is 28.0. The minimum absolute atomic E-state index is 0.0444. The molecular weight excluding hydrogens is 490 g/mol. The number of nitrogens with zero attached hydrogens (tertiary/aromatic N) is 4. The van der Waals surface area contributed by atoms with Crippen molar-refractivity contribution in [3.8, 4) is 0 Å². The molecule has 11 heteroatoms. The van der Waals surface area contributed by atoms with Crippen LogP contribution in [0.1, 0.15) is 55.9 Å². The largest absolute Gasteiger partial charge is 0.308 e. The van der Waals surface area contributed by atoms with Crippen molar-refractivity contribution in [2.24, 2.45) is 0 Å². The van der Waals surface area contributed by atoms with Gasteiger partial charge in [-0.05, 0) is 85.5 Å². The summed E-state index contributed by atoms with van der Waals surface area (Å²) in [6.07, 6.45) is 1.87. The molecule has 0 aliphatic heterocycles. The first-order valence-electron chi connectivity index (χ1n) is 12.2. The Kier molecular flexibility index (Phi) is 7.99. The van der Waals surface area contributed by atoms with E-state index in [0.29, 0.717) is 11.4 Å². The quantitative estimate of drug-likeness (QED) is 0.212. The van der Waals surface area contributed by atoms with E-state index >= 15 is 0 Å². The van der Waals surface area contributed by atoms with Gasteiger partial charge in [-0.3, -0.25) is 40.8 Å². The maximum Gasteiger partial charge on any atom is 0.308 e. The number of aryl methyl sites for hydroxylation is 3. The Morgan fingerprint density at radius 1 is 0.737 bits per heavy atom. The molecule has 0 saturated carbocycles. The van der Waals surface area contributed by atoms with Crippen LogP contribution in [-0.4, -0.2) is 14.8 Å². The zero-order valence-corrected chi connectivity index (χ0v) is 22.3. The van der Waals surface area contributed by atoms with Crippen LogP contribution < -0.4 is 10.4 Å². The second-order valence-electron chi connectivity index (χ2n) is 9.61. The summed E-state index contributed by atoms with van der Waals surface area (Å²) >= 11 is 0. The van der Waals surface area contributed by atoms with E-state index in [0.717, 1.165) is 41.7 Å². The van der Waals surface area contributed by atoms with Crippen LogP contribution in [0, 0.1) is 51.1 Å². The molecular formula is C27H31N5O6. The minimum Gasteiger partial charge on any atom is -0.282 e. The highest BCUT2D eigenvalue weighted by atomic mass is 16.6. The molecule has 0 spiro atoms. The van der Waals surface area contributed by atoms with Crippen molar-refractivity contribution in [2.75, 3.05) is 10.4 Å². The molecule has 3 aromatic rings. The highest BCUT2D eigenvalue weighted by Gasteiger charge is 2.33. The maximum atomic E-state index is 11.9. The summed E-state index contributed by atoms with van der Waals surface area (Å²) < 4.78 is 0. The Bertz CT molecular complexity index is 1380. The lowest BCUT2D eigenvalue weighted by Crippen LogP contribution is -2.27. The predicted molar refractivity (Wildman–Crippen MR) is 147 cm³/mol. The summed E-state index contributed by atoms with van der Waals surface area (Å²) in [7, 11) is 0. The van der Waals surface area contributed by atoms with Gasteiger partial charge in [-0.25, -0.2) is 0 Å². The zero-order chi connectivity index (χ0) is 28.4. The Hall–Kier alpha value is -4.54. The van der Waals surface area contributed by atoms with Crippen molar-refractivity contribution >= 4 is 34.1 Å². The summed E-state index contributed by atoms with van der Waals surface area (Å²) in [4.78, 5) is 32.5. The summed E-state index contributed by atoms with van der Waals surface area (Å²) in [6, 6.07) is 12.8. The second kappa shape index (κ2) is 10.8. The molecule has 0 saturated heterocycles. The molecule has 0 aromatic heterocycles. The van der Waals surface area contributed by atoms with Gasteiger partial charge in [-0.15, -0.1) is 0 Å². The molecule has 11 nitrogen and oxygen atoms in total. The number of nitro benzene ring substituents is 3. The smallest absolute Gasteiger partial charge is 0.282 e. The first-order valence-corrected chi connectivity index (χ1v) is 12.2. The number of nitro groups is 3. The third-order valence-corrected chi connectivity index (χ3v) is 7.34. The van der Waals surface area contributed by atoms with Crippen molar-refractivity contribution in [3.63, 3.8) is 0 Å². The number of hydrazine groups is 1. The van der Waals surface area contributed by atoms with E-state index in [1.54, 1.807) is 6.07 Å². The summed E-state index contributed by atoms with van der Waals surface area (Å²) in [6.45, 7) is 12.3. The van der Waals surface area contributed by atoms with Crippen LogP contribution >= 0.6 is 0 Å². The van der Waals surface area contributed by atoms with Crippen molar-refractivity contribution < 1.29 is 14.8 Å². The molecule has 0 bridgehead atoms. The minimum atomic E-state index is -0.897. The standard InChI is InChI=1S/C27H31N5O6/c1-7-27(6,8-2)23-12-11-21(14-19(23)5)29(20-10-9-17(3)18(4)13-20)28-26-24(31(35)36)15-22(30(33)34)16-25(26)32(37)38/h9-16,28H,7-8H2,1-6H3. The van der Waals surface area contributed by atoms with Gasteiger partial charge in [0.2, 0.25) is 5.69 Å². The van der Waals surface area contributed by atoms with Gasteiger partial charge < -0.3 is 0 Å². The van der Waals surface area contributed by atoms with Crippen molar-refractivity contribution in [2.45, 2.75) is 59.8 Å². The third-order valence-electron chi connectivity index (χ3n) is 7.34. The molecule has 0 amide bonds. The first-order chi connectivity index (χ1) is 17.8. The molecule has 0 atom stereocenters. The van der Waals surface area contributed by atoms with E-state index in [1.807, 2.05) is 51.1 Å². The van der Waals surface area contributed by atoms with E-state index in [-0.39, 0.29) is 5.41 Å². The zero-order valence-electron chi connectivity index (χ0n) is 22.3. The van der Waals surface area contributed by atoms with Gasteiger partial charge in [0.15, 0.2) is 0 Å². The van der Waals surface area contributed by atoms with Crippen LogP contribution in [-0.2, 0) is 5.41 Å². The van der Waals surface area contributed by atoms with Gasteiger partial charge in [-0.1, -0.05) is 32.9 Å². The lowest BCUT2D eigenvalue weighted by atomic mass is 9.76. The van der Waals surface area contributed by atoms with Crippen molar-refractivity contribution in [1.29, 1.82) is 0 Å². The van der Waals surface area contributed by atoms with Crippen LogP contribution in [0.25, 0.3) is 0 Å².